The summed E-state index contributed by atoms with van der Waals surface area (Å²) in [6.45, 7) is 1.87. The summed E-state index contributed by atoms with van der Waals surface area (Å²) >= 11 is 5.94. The molecule has 0 aliphatic rings. The number of sulfone groups is 1. The zero-order chi connectivity index (χ0) is 24.1. The highest BCUT2D eigenvalue weighted by atomic mass is 35.5. The van der Waals surface area contributed by atoms with Crippen LogP contribution in [0.25, 0.3) is 6.08 Å². The van der Waals surface area contributed by atoms with Crippen LogP contribution in [0.4, 0.5) is 0 Å². The Hall–Kier alpha value is -3.67. The molecule has 0 atom stereocenters. The Bertz CT molecular complexity index is 1420. The summed E-state index contributed by atoms with van der Waals surface area (Å²) in [7, 11) is -4.08. The molecule has 34 heavy (non-hydrogen) atoms. The summed E-state index contributed by atoms with van der Waals surface area (Å²) in [5, 5.41) is 0.456. The normalized spacial score (nSPS) is 11.8. The summed E-state index contributed by atoms with van der Waals surface area (Å²) in [4.78, 5) is 13.1. The maximum atomic E-state index is 13.5. The van der Waals surface area contributed by atoms with Crippen LogP contribution < -0.4 is 4.74 Å². The van der Waals surface area contributed by atoms with Crippen LogP contribution >= 0.6 is 11.6 Å². The molecule has 0 fully saturated rings. The number of ether oxygens (including phenoxy) is 1. The lowest BCUT2D eigenvalue weighted by Crippen LogP contribution is -2.14. The van der Waals surface area contributed by atoms with Crippen molar-refractivity contribution >= 4 is 33.3 Å². The molecule has 170 valence electrons. The molecule has 0 unspecified atom stereocenters. The van der Waals surface area contributed by atoms with Crippen molar-refractivity contribution < 1.29 is 17.9 Å². The van der Waals surface area contributed by atoms with Crippen molar-refractivity contribution in [3.63, 3.8) is 0 Å². The second-order valence-corrected chi connectivity index (χ2v) is 10.00. The minimum atomic E-state index is -4.08. The molecule has 0 aliphatic heterocycles. The van der Waals surface area contributed by atoms with Crippen LogP contribution in [0.15, 0.2) is 113 Å². The Kier molecular flexibility index (Phi) is 6.96. The third-order valence-electron chi connectivity index (χ3n) is 5.11. The molecular weight excluding hydrogens is 468 g/mol. The molecule has 0 radical (unpaired) electrons. The van der Waals surface area contributed by atoms with E-state index in [9.17, 15) is 13.2 Å². The van der Waals surface area contributed by atoms with Gasteiger partial charge in [0.2, 0.25) is 15.6 Å². The second kappa shape index (κ2) is 10.1. The smallest absolute Gasteiger partial charge is 0.210 e. The van der Waals surface area contributed by atoms with Crippen LogP contribution in [0.2, 0.25) is 5.02 Å². The lowest BCUT2D eigenvalue weighted by Gasteiger charge is -2.10. The molecule has 0 N–H and O–H groups in total. The van der Waals surface area contributed by atoms with E-state index in [1.54, 1.807) is 48.5 Å². The van der Waals surface area contributed by atoms with Gasteiger partial charge in [0.15, 0.2) is 0 Å². The minimum Gasteiger partial charge on any atom is -0.457 e. The van der Waals surface area contributed by atoms with Crippen molar-refractivity contribution in [3.8, 4) is 11.5 Å². The van der Waals surface area contributed by atoms with Crippen molar-refractivity contribution in [1.29, 1.82) is 0 Å². The summed E-state index contributed by atoms with van der Waals surface area (Å²) in [6.07, 6.45) is 1.39. The summed E-state index contributed by atoms with van der Waals surface area (Å²) in [5.41, 5.74) is 1.70. The molecule has 4 aromatic rings. The van der Waals surface area contributed by atoms with E-state index in [0.717, 1.165) is 5.56 Å². The van der Waals surface area contributed by atoms with Gasteiger partial charge in [-0.3, -0.25) is 4.79 Å². The number of rotatable bonds is 7. The average Bonchev–Trinajstić information content (AvgIpc) is 2.84. The number of hydrogen-bond acceptors (Lipinski definition) is 4. The van der Waals surface area contributed by atoms with Gasteiger partial charge in [0, 0.05) is 10.6 Å². The van der Waals surface area contributed by atoms with E-state index in [2.05, 4.69) is 0 Å². The van der Waals surface area contributed by atoms with E-state index < -0.39 is 15.6 Å². The number of halogens is 1. The van der Waals surface area contributed by atoms with Crippen LogP contribution in [0.3, 0.4) is 0 Å². The number of hydrogen-bond donors (Lipinski definition) is 0. The van der Waals surface area contributed by atoms with Crippen molar-refractivity contribution in [2.75, 3.05) is 0 Å². The number of para-hydroxylation sites is 1. The summed E-state index contributed by atoms with van der Waals surface area (Å²) in [5.74, 6) is 0.670. The Morgan fingerprint density at radius 3 is 1.97 bits per heavy atom. The lowest BCUT2D eigenvalue weighted by atomic mass is 10.1. The van der Waals surface area contributed by atoms with Gasteiger partial charge >= 0.3 is 0 Å². The first-order valence-corrected chi connectivity index (χ1v) is 12.4. The Morgan fingerprint density at radius 2 is 1.35 bits per heavy atom. The van der Waals surface area contributed by atoms with Gasteiger partial charge in [-0.05, 0) is 79.2 Å². The minimum absolute atomic E-state index is 0.0516. The molecule has 0 saturated carbocycles. The van der Waals surface area contributed by atoms with Crippen molar-refractivity contribution in [1.82, 2.24) is 0 Å². The van der Waals surface area contributed by atoms with Crippen molar-refractivity contribution in [2.45, 2.75) is 11.8 Å². The molecule has 6 heteroatoms. The monoisotopic (exact) mass is 488 g/mol. The zero-order valence-electron chi connectivity index (χ0n) is 18.3. The average molecular weight is 489 g/mol. The third kappa shape index (κ3) is 5.45. The fourth-order valence-electron chi connectivity index (χ4n) is 3.26. The van der Waals surface area contributed by atoms with E-state index in [-0.39, 0.29) is 15.4 Å². The highest BCUT2D eigenvalue weighted by Crippen LogP contribution is 2.27. The molecule has 4 nitrogen and oxygen atoms in total. The first kappa shape index (κ1) is 23.5. The number of Topliss-reactive ketones (excluding diaryl/α,β-unsaturated/α-hetero) is 1. The summed E-state index contributed by atoms with van der Waals surface area (Å²) < 4.78 is 32.8. The van der Waals surface area contributed by atoms with Gasteiger partial charge in [0.05, 0.1) is 4.90 Å². The van der Waals surface area contributed by atoms with Crippen LogP contribution in [0.1, 0.15) is 21.5 Å². The quantitative estimate of drug-likeness (QED) is 0.205. The number of carbonyl (C=O) groups excluding carboxylic acids is 1. The van der Waals surface area contributed by atoms with Gasteiger partial charge in [-0.2, -0.15) is 0 Å². The standard InChI is InChI=1S/C28H21ClO4S/c1-20-7-17-26(18-8-20)34(31,32)27(28(30)22-11-13-23(29)14-12-22)19-21-9-15-25(16-10-21)33-24-5-3-2-4-6-24/h2-19H,1H3/b27-19+. The van der Waals surface area contributed by atoms with Crippen LogP contribution in [0, 0.1) is 6.92 Å². The van der Waals surface area contributed by atoms with Crippen molar-refractivity contribution in [3.05, 3.63) is 130 Å². The summed E-state index contributed by atoms with van der Waals surface area (Å²) in [6, 6.07) is 28.7. The maximum Gasteiger partial charge on any atom is 0.210 e. The van der Waals surface area contributed by atoms with Crippen molar-refractivity contribution in [2.24, 2.45) is 0 Å². The Balaban J connectivity index is 1.73. The Labute approximate surface area is 204 Å². The molecule has 0 aliphatic carbocycles. The fraction of sp³-hybridized carbons (Fsp3) is 0.0357. The predicted octanol–water partition coefficient (Wildman–Crippen LogP) is 7.14. The predicted molar refractivity (Wildman–Crippen MR) is 135 cm³/mol. The van der Waals surface area contributed by atoms with E-state index in [1.807, 2.05) is 37.3 Å². The number of allylic oxidation sites excluding steroid dienone is 1. The molecule has 0 bridgehead atoms. The second-order valence-electron chi connectivity index (χ2n) is 7.65. The molecular formula is C28H21ClO4S. The maximum absolute atomic E-state index is 13.5. The van der Waals surface area contributed by atoms with E-state index in [4.69, 9.17) is 16.3 Å². The number of ketones is 1. The van der Waals surface area contributed by atoms with E-state index in [0.29, 0.717) is 22.1 Å². The lowest BCUT2D eigenvalue weighted by molar-refractivity contribution is 0.104. The van der Waals surface area contributed by atoms with Crippen LogP contribution in [-0.4, -0.2) is 14.2 Å². The highest BCUT2D eigenvalue weighted by molar-refractivity contribution is 7.96. The number of carbonyl (C=O) groups is 1. The third-order valence-corrected chi connectivity index (χ3v) is 7.13. The molecule has 0 spiro atoms. The van der Waals surface area contributed by atoms with E-state index >= 15 is 0 Å². The molecule has 0 amide bonds. The fourth-order valence-corrected chi connectivity index (χ4v) is 4.79. The van der Waals surface area contributed by atoms with Crippen LogP contribution in [-0.2, 0) is 9.84 Å². The number of benzene rings is 4. The largest absolute Gasteiger partial charge is 0.457 e. The van der Waals surface area contributed by atoms with Gasteiger partial charge in [-0.25, -0.2) is 8.42 Å². The van der Waals surface area contributed by atoms with Gasteiger partial charge in [0.1, 0.15) is 16.4 Å². The van der Waals surface area contributed by atoms with Gasteiger partial charge in [0.25, 0.3) is 0 Å². The molecule has 0 aromatic heterocycles. The molecule has 0 heterocycles. The van der Waals surface area contributed by atoms with Gasteiger partial charge < -0.3 is 4.74 Å². The first-order chi connectivity index (χ1) is 16.3. The van der Waals surface area contributed by atoms with Gasteiger partial charge in [-0.1, -0.05) is 59.6 Å². The van der Waals surface area contributed by atoms with E-state index in [1.165, 1.54) is 30.3 Å². The number of aryl methyl sites for hydroxylation is 1. The molecule has 4 rings (SSSR count). The molecule has 0 saturated heterocycles. The van der Waals surface area contributed by atoms with Gasteiger partial charge in [-0.15, -0.1) is 0 Å². The first-order valence-electron chi connectivity index (χ1n) is 10.5. The molecule has 4 aromatic carbocycles. The topological polar surface area (TPSA) is 60.4 Å². The Morgan fingerprint density at radius 1 is 0.765 bits per heavy atom. The highest BCUT2D eigenvalue weighted by Gasteiger charge is 2.28. The van der Waals surface area contributed by atoms with Crippen LogP contribution in [0.5, 0.6) is 11.5 Å². The SMILES string of the molecule is Cc1ccc(S(=O)(=O)/C(=C/c2ccc(Oc3ccccc3)cc2)C(=O)c2ccc(Cl)cc2)cc1. The zero-order valence-corrected chi connectivity index (χ0v) is 19.9.